The third-order valence-electron chi connectivity index (χ3n) is 3.09. The minimum atomic E-state index is 0.259. The van der Waals surface area contributed by atoms with Crippen molar-refractivity contribution in [3.63, 3.8) is 0 Å². The van der Waals surface area contributed by atoms with Crippen molar-refractivity contribution in [3.05, 3.63) is 23.9 Å². The second kappa shape index (κ2) is 3.96. The van der Waals surface area contributed by atoms with Gasteiger partial charge in [0.15, 0.2) is 0 Å². The predicted octanol–water partition coefficient (Wildman–Crippen LogP) is 1.65. The summed E-state index contributed by atoms with van der Waals surface area (Å²) in [4.78, 5) is 4.11. The summed E-state index contributed by atoms with van der Waals surface area (Å²) in [5, 5.41) is 0. The highest BCUT2D eigenvalue weighted by molar-refractivity contribution is 5.42. The molecule has 1 aromatic rings. The Morgan fingerprint density at radius 1 is 1.29 bits per heavy atom. The quantitative estimate of drug-likeness (QED) is 0.709. The third-order valence-corrected chi connectivity index (χ3v) is 3.09. The Balaban J connectivity index is 2.25. The van der Waals surface area contributed by atoms with Gasteiger partial charge in [-0.05, 0) is 24.5 Å². The molecule has 76 valence electrons. The zero-order valence-corrected chi connectivity index (χ0v) is 8.32. The highest BCUT2D eigenvalue weighted by atomic mass is 14.8. The fourth-order valence-electron chi connectivity index (χ4n) is 2.29. The van der Waals surface area contributed by atoms with Crippen molar-refractivity contribution < 1.29 is 0 Å². The van der Waals surface area contributed by atoms with Crippen LogP contribution in [0.25, 0.3) is 0 Å². The zero-order valence-electron chi connectivity index (χ0n) is 8.32. The van der Waals surface area contributed by atoms with E-state index in [1.807, 2.05) is 6.07 Å². The summed E-state index contributed by atoms with van der Waals surface area (Å²) in [5.41, 5.74) is 13.1. The van der Waals surface area contributed by atoms with E-state index in [1.54, 1.807) is 6.20 Å². The Hall–Kier alpha value is -1.09. The van der Waals surface area contributed by atoms with Crippen LogP contribution in [0.3, 0.4) is 0 Å². The van der Waals surface area contributed by atoms with Crippen molar-refractivity contribution in [1.29, 1.82) is 0 Å². The molecule has 3 nitrogen and oxygen atoms in total. The van der Waals surface area contributed by atoms with Crippen LogP contribution in [-0.4, -0.2) is 11.0 Å². The van der Waals surface area contributed by atoms with E-state index in [1.165, 1.54) is 12.8 Å². The van der Waals surface area contributed by atoms with Crippen molar-refractivity contribution >= 4 is 5.82 Å². The number of hydrogen-bond donors (Lipinski definition) is 2. The number of aromatic nitrogens is 1. The highest BCUT2D eigenvalue weighted by Gasteiger charge is 2.24. The molecule has 14 heavy (non-hydrogen) atoms. The summed E-state index contributed by atoms with van der Waals surface area (Å²) >= 11 is 0. The molecule has 1 aliphatic carbocycles. The smallest absolute Gasteiger partial charge is 0.126 e. The highest BCUT2D eigenvalue weighted by Crippen LogP contribution is 2.33. The van der Waals surface area contributed by atoms with Gasteiger partial charge in [-0.15, -0.1) is 0 Å². The maximum atomic E-state index is 6.10. The molecule has 2 atom stereocenters. The first-order valence-electron chi connectivity index (χ1n) is 5.25. The molecule has 0 radical (unpaired) electrons. The topological polar surface area (TPSA) is 64.9 Å². The number of hydrogen-bond acceptors (Lipinski definition) is 3. The lowest BCUT2D eigenvalue weighted by Crippen LogP contribution is -2.31. The summed E-state index contributed by atoms with van der Waals surface area (Å²) in [6, 6.07) is 4.25. The minimum absolute atomic E-state index is 0.259. The summed E-state index contributed by atoms with van der Waals surface area (Å²) in [6.07, 6.45) is 6.49. The van der Waals surface area contributed by atoms with Gasteiger partial charge in [-0.25, -0.2) is 4.98 Å². The van der Waals surface area contributed by atoms with Gasteiger partial charge in [0.25, 0.3) is 0 Å². The van der Waals surface area contributed by atoms with Crippen LogP contribution in [0, 0.1) is 0 Å². The lowest BCUT2D eigenvalue weighted by Gasteiger charge is -2.29. The molecule has 1 saturated carbocycles. The Morgan fingerprint density at radius 2 is 2.07 bits per heavy atom. The normalized spacial score (nSPS) is 27.5. The average molecular weight is 191 g/mol. The second-order valence-corrected chi connectivity index (χ2v) is 4.03. The zero-order chi connectivity index (χ0) is 9.97. The molecule has 0 bridgehead atoms. The third kappa shape index (κ3) is 1.73. The Bertz CT molecular complexity index is 311. The van der Waals surface area contributed by atoms with E-state index in [-0.39, 0.29) is 6.04 Å². The molecule has 4 N–H and O–H groups in total. The van der Waals surface area contributed by atoms with Gasteiger partial charge in [-0.1, -0.05) is 18.9 Å². The average Bonchev–Trinajstić information content (AvgIpc) is 2.20. The van der Waals surface area contributed by atoms with Crippen LogP contribution in [0.5, 0.6) is 0 Å². The summed E-state index contributed by atoms with van der Waals surface area (Å²) in [5.74, 6) is 1.06. The molecule has 1 aliphatic rings. The fourth-order valence-corrected chi connectivity index (χ4v) is 2.29. The Morgan fingerprint density at radius 3 is 2.79 bits per heavy atom. The molecular weight excluding hydrogens is 174 g/mol. The first-order chi connectivity index (χ1) is 6.79. The molecule has 2 unspecified atom stereocenters. The van der Waals surface area contributed by atoms with Gasteiger partial charge in [0.2, 0.25) is 0 Å². The second-order valence-electron chi connectivity index (χ2n) is 4.03. The van der Waals surface area contributed by atoms with E-state index in [9.17, 15) is 0 Å². The van der Waals surface area contributed by atoms with Gasteiger partial charge < -0.3 is 11.5 Å². The van der Waals surface area contributed by atoms with Crippen molar-refractivity contribution in [2.24, 2.45) is 5.73 Å². The largest absolute Gasteiger partial charge is 0.383 e. The van der Waals surface area contributed by atoms with Crippen molar-refractivity contribution in [3.8, 4) is 0 Å². The molecule has 0 spiro atoms. The standard InChI is InChI=1S/C11H17N3/c12-10-6-2-1-4-8(10)9-5-3-7-14-11(9)13/h3,5,7-8,10H,1-2,4,6,12H2,(H2,13,14). The van der Waals surface area contributed by atoms with Crippen molar-refractivity contribution in [2.45, 2.75) is 37.6 Å². The molecule has 0 amide bonds. The first kappa shape index (κ1) is 9.46. The van der Waals surface area contributed by atoms with Crippen molar-refractivity contribution in [2.75, 3.05) is 5.73 Å². The molecule has 1 fully saturated rings. The molecule has 1 aromatic heterocycles. The van der Waals surface area contributed by atoms with Gasteiger partial charge in [0, 0.05) is 18.2 Å². The predicted molar refractivity (Wildman–Crippen MR) is 57.8 cm³/mol. The number of anilines is 1. The van der Waals surface area contributed by atoms with E-state index < -0.39 is 0 Å². The number of nitrogens with zero attached hydrogens (tertiary/aromatic N) is 1. The molecule has 1 heterocycles. The molecule has 3 heteroatoms. The Labute approximate surface area is 84.5 Å². The Kier molecular flexibility index (Phi) is 2.68. The molecule has 0 aliphatic heterocycles. The first-order valence-corrected chi connectivity index (χ1v) is 5.25. The summed E-state index contributed by atoms with van der Waals surface area (Å²) < 4.78 is 0. The van der Waals surface area contributed by atoms with Crippen LogP contribution in [0.4, 0.5) is 5.82 Å². The molecule has 0 saturated heterocycles. The van der Waals surface area contributed by atoms with E-state index >= 15 is 0 Å². The van der Waals surface area contributed by atoms with Crippen LogP contribution >= 0.6 is 0 Å². The van der Waals surface area contributed by atoms with E-state index in [2.05, 4.69) is 11.1 Å². The number of pyridine rings is 1. The maximum Gasteiger partial charge on any atom is 0.126 e. The summed E-state index contributed by atoms with van der Waals surface area (Å²) in [7, 11) is 0. The number of nitrogens with two attached hydrogens (primary N) is 2. The SMILES string of the molecule is Nc1ncccc1C1CCCCC1N. The number of rotatable bonds is 1. The van der Waals surface area contributed by atoms with Gasteiger partial charge in [0.1, 0.15) is 5.82 Å². The lowest BCUT2D eigenvalue weighted by molar-refractivity contribution is 0.386. The lowest BCUT2D eigenvalue weighted by atomic mass is 9.80. The van der Waals surface area contributed by atoms with Gasteiger partial charge in [0.05, 0.1) is 0 Å². The minimum Gasteiger partial charge on any atom is -0.383 e. The van der Waals surface area contributed by atoms with Crippen LogP contribution in [0.2, 0.25) is 0 Å². The van der Waals surface area contributed by atoms with Crippen LogP contribution in [0.1, 0.15) is 37.2 Å². The van der Waals surface area contributed by atoms with Gasteiger partial charge >= 0.3 is 0 Å². The monoisotopic (exact) mass is 191 g/mol. The van der Waals surface area contributed by atoms with E-state index in [0.29, 0.717) is 11.7 Å². The van der Waals surface area contributed by atoms with Crippen LogP contribution in [-0.2, 0) is 0 Å². The van der Waals surface area contributed by atoms with Gasteiger partial charge in [-0.2, -0.15) is 0 Å². The molecule has 2 rings (SSSR count). The van der Waals surface area contributed by atoms with E-state index in [0.717, 1.165) is 18.4 Å². The van der Waals surface area contributed by atoms with Crippen LogP contribution in [0.15, 0.2) is 18.3 Å². The maximum absolute atomic E-state index is 6.10. The van der Waals surface area contributed by atoms with E-state index in [4.69, 9.17) is 11.5 Å². The number of nitrogen functional groups attached to an aromatic ring is 1. The van der Waals surface area contributed by atoms with Gasteiger partial charge in [-0.3, -0.25) is 0 Å². The molecular formula is C11H17N3. The fraction of sp³-hybridized carbons (Fsp3) is 0.545. The van der Waals surface area contributed by atoms with Crippen LogP contribution < -0.4 is 11.5 Å². The van der Waals surface area contributed by atoms with Crippen molar-refractivity contribution in [1.82, 2.24) is 4.98 Å². The molecule has 0 aromatic carbocycles. The summed E-state index contributed by atoms with van der Waals surface area (Å²) in [6.45, 7) is 0.